The van der Waals surface area contributed by atoms with Crippen molar-refractivity contribution < 1.29 is 51.9 Å². The van der Waals surface area contributed by atoms with Crippen LogP contribution in [-0.4, -0.2) is 110 Å². The SMILES string of the molecule is CC(F)(F)c1ccc2[nH]c(C(=O)N[C@H]3Cc4ccccc4[C@H]4CCC[C@@H](C(=O)N[C@@H](CCC(N)=O)C(=O)C[C@@H](Cc5ccccc5)C(=O)N5CCC(CCCC#Cc6cccc7c6CN(C6CCC(=O)NC6=O)C7=O)CC5)N4C3=O)cc2c1. The zero-order valence-electron chi connectivity index (χ0n) is 46.4. The Bertz CT molecular complexity index is 3430. The molecule has 3 fully saturated rings. The first-order valence-electron chi connectivity index (χ1n) is 28.8. The third-order valence-electron chi connectivity index (χ3n) is 17.1. The summed E-state index contributed by atoms with van der Waals surface area (Å²) in [6.07, 6.45) is 5.37. The number of aromatic nitrogens is 1. The van der Waals surface area contributed by atoms with Crippen LogP contribution in [0.3, 0.4) is 0 Å². The number of nitrogens with one attached hydrogen (secondary N) is 4. The number of aromatic amines is 1. The number of rotatable bonds is 18. The molecule has 6 N–H and O–H groups in total. The number of fused-ring (bicyclic) bond motifs is 5. The van der Waals surface area contributed by atoms with Crippen LogP contribution in [0.2, 0.25) is 0 Å². The molecule has 5 aromatic rings. The van der Waals surface area contributed by atoms with E-state index >= 15 is 0 Å². The number of benzene rings is 4. The number of nitrogens with two attached hydrogens (primary N) is 1. The Hall–Kier alpha value is -8.53. The molecule has 17 nitrogen and oxygen atoms in total. The first-order valence-corrected chi connectivity index (χ1v) is 28.8. The smallest absolute Gasteiger partial charge is 0.270 e. The summed E-state index contributed by atoms with van der Waals surface area (Å²) in [6.45, 7) is 2.02. The first kappa shape index (κ1) is 57.7. The number of hydrogen-bond donors (Lipinski definition) is 5. The molecule has 0 aliphatic carbocycles. The predicted octanol–water partition coefficient (Wildman–Crippen LogP) is 6.85. The van der Waals surface area contributed by atoms with Crippen LogP contribution in [0.15, 0.2) is 97.1 Å². The van der Waals surface area contributed by atoms with Crippen molar-refractivity contribution in [2.45, 2.75) is 146 Å². The maximum atomic E-state index is 14.9. The average molecular weight is 1130 g/mol. The van der Waals surface area contributed by atoms with Crippen LogP contribution in [0.4, 0.5) is 8.78 Å². The fourth-order valence-electron chi connectivity index (χ4n) is 12.7. The number of carbonyl (C=O) groups excluding carboxylic acids is 9. The van der Waals surface area contributed by atoms with Gasteiger partial charge in [0.1, 0.15) is 23.8 Å². The van der Waals surface area contributed by atoms with E-state index in [-0.39, 0.29) is 86.9 Å². The number of hydrogen-bond acceptors (Lipinski definition) is 9. The Kier molecular flexibility index (Phi) is 17.3. The van der Waals surface area contributed by atoms with E-state index in [2.05, 4.69) is 32.8 Å². The third-order valence-corrected chi connectivity index (χ3v) is 17.1. The molecule has 0 spiro atoms. The summed E-state index contributed by atoms with van der Waals surface area (Å²) in [5, 5.41) is 8.49. The van der Waals surface area contributed by atoms with Gasteiger partial charge in [0, 0.05) is 92.2 Å². The molecular formula is C64H68F2N8O9. The Labute approximate surface area is 479 Å². The molecule has 0 radical (unpaired) electrons. The van der Waals surface area contributed by atoms with Crippen LogP contribution in [0.25, 0.3) is 10.9 Å². The third kappa shape index (κ3) is 13.1. The number of H-pyrrole nitrogens is 1. The molecule has 5 aliphatic rings. The summed E-state index contributed by atoms with van der Waals surface area (Å²) in [4.78, 5) is 131. The van der Waals surface area contributed by atoms with Gasteiger partial charge < -0.3 is 36.1 Å². The van der Waals surface area contributed by atoms with Crippen LogP contribution >= 0.6 is 0 Å². The van der Waals surface area contributed by atoms with Gasteiger partial charge in [-0.15, -0.1) is 0 Å². The Morgan fingerprint density at radius 3 is 2.40 bits per heavy atom. The molecule has 83 heavy (non-hydrogen) atoms. The van der Waals surface area contributed by atoms with Gasteiger partial charge in [-0.2, -0.15) is 0 Å². The summed E-state index contributed by atoms with van der Waals surface area (Å²) in [7, 11) is 0. The normalized spacial score (nSPS) is 20.7. The van der Waals surface area contributed by atoms with Crippen molar-refractivity contribution in [1.29, 1.82) is 0 Å². The second-order valence-corrected chi connectivity index (χ2v) is 22.8. The van der Waals surface area contributed by atoms with Gasteiger partial charge in [-0.3, -0.25) is 48.5 Å². The molecule has 5 aliphatic heterocycles. The number of imide groups is 1. The quantitative estimate of drug-likeness (QED) is 0.0350. The fourth-order valence-corrected chi connectivity index (χ4v) is 12.7. The van der Waals surface area contributed by atoms with E-state index in [1.807, 2.05) is 65.6 Å². The summed E-state index contributed by atoms with van der Waals surface area (Å²) in [5.41, 5.74) is 10.4. The second-order valence-electron chi connectivity index (χ2n) is 22.8. The van der Waals surface area contributed by atoms with Gasteiger partial charge >= 0.3 is 0 Å². The molecule has 10 rings (SSSR count). The molecule has 4 aromatic carbocycles. The number of halogens is 2. The Balaban J connectivity index is 0.785. The van der Waals surface area contributed by atoms with Gasteiger partial charge in [-0.1, -0.05) is 78.6 Å². The zero-order chi connectivity index (χ0) is 58.5. The highest BCUT2D eigenvalue weighted by Crippen LogP contribution is 2.40. The number of piperidine rings is 3. The lowest BCUT2D eigenvalue weighted by molar-refractivity contribution is -0.148. The summed E-state index contributed by atoms with van der Waals surface area (Å²) in [6, 6.07) is 23.0. The first-order chi connectivity index (χ1) is 39.9. The topological polar surface area (TPSA) is 241 Å². The van der Waals surface area contributed by atoms with Crippen molar-refractivity contribution in [2.75, 3.05) is 13.1 Å². The monoisotopic (exact) mass is 1130 g/mol. The van der Waals surface area contributed by atoms with E-state index < -0.39 is 77.4 Å². The second kappa shape index (κ2) is 24.9. The highest BCUT2D eigenvalue weighted by atomic mass is 19.3. The van der Waals surface area contributed by atoms with Gasteiger partial charge in [0.25, 0.3) is 17.7 Å². The van der Waals surface area contributed by atoms with Crippen molar-refractivity contribution in [3.63, 3.8) is 0 Å². The van der Waals surface area contributed by atoms with Crippen molar-refractivity contribution >= 4 is 63.9 Å². The maximum absolute atomic E-state index is 14.9. The lowest BCUT2D eigenvalue weighted by Crippen LogP contribution is -2.59. The van der Waals surface area contributed by atoms with Gasteiger partial charge in [0.15, 0.2) is 5.78 Å². The Morgan fingerprint density at radius 2 is 1.64 bits per heavy atom. The summed E-state index contributed by atoms with van der Waals surface area (Å²) in [5.74, 6) is -1.19. The van der Waals surface area contributed by atoms with E-state index in [0.29, 0.717) is 54.7 Å². The lowest BCUT2D eigenvalue weighted by Gasteiger charge is -2.42. The average Bonchev–Trinajstić information content (AvgIpc) is 4.17. The highest BCUT2D eigenvalue weighted by Gasteiger charge is 2.46. The highest BCUT2D eigenvalue weighted by molar-refractivity contribution is 6.06. The van der Waals surface area contributed by atoms with Crippen molar-refractivity contribution in [3.8, 4) is 11.8 Å². The molecule has 6 atom stereocenters. The molecule has 19 heteroatoms. The molecule has 8 amide bonds. The van der Waals surface area contributed by atoms with Crippen LogP contribution in [0.1, 0.15) is 151 Å². The fraction of sp³-hybridized carbons (Fsp3) is 0.422. The minimum Gasteiger partial charge on any atom is -0.370 e. The van der Waals surface area contributed by atoms with E-state index in [0.717, 1.165) is 60.4 Å². The van der Waals surface area contributed by atoms with E-state index in [4.69, 9.17) is 5.73 Å². The number of unbranched alkanes of at least 4 members (excludes halogenated alkanes) is 1. The van der Waals surface area contributed by atoms with E-state index in [9.17, 15) is 51.9 Å². The number of carbonyl (C=O) groups is 9. The van der Waals surface area contributed by atoms with E-state index in [1.165, 1.54) is 34.1 Å². The van der Waals surface area contributed by atoms with Gasteiger partial charge in [0.2, 0.25) is 35.4 Å². The standard InChI is InChI=1S/C64H68F2N8O9/c1-64(65,66)44-22-23-48-42(33-44)35-50(68-48)58(78)70-51-34-41-16-8-9-18-45(41)52-20-11-21-54(74(52)63(51)83)60(80)69-49(24-26-56(67)76)55(75)36-43(32-39-13-5-2-6-14-39)61(81)72-30-28-38(29-31-72)12-4-3-7-15-40-17-10-19-46-47(40)37-73(62(46)82)53-25-27-57(77)71-59(53)79/h2,5-6,8-10,13-14,16-19,22-23,33,35,38,43,49,51-54,68H,3-4,11-12,20-21,24-32,34,36-37H2,1H3,(H2,67,76)(H,69,80)(H,70,78)(H,71,77,79)/t43-,49+,51+,52-,53?,54+/m1/s1. The van der Waals surface area contributed by atoms with Crippen LogP contribution in [-0.2, 0) is 58.9 Å². The largest absolute Gasteiger partial charge is 0.370 e. The number of Topliss-reactive ketones (excluding diaryl/α,β-unsaturated/α-hetero) is 1. The van der Waals surface area contributed by atoms with Crippen LogP contribution in [0, 0.1) is 23.7 Å². The minimum atomic E-state index is -3.10. The van der Waals surface area contributed by atoms with Crippen molar-refractivity contribution in [3.05, 3.63) is 142 Å². The Morgan fingerprint density at radius 1 is 0.867 bits per heavy atom. The van der Waals surface area contributed by atoms with Crippen molar-refractivity contribution in [2.24, 2.45) is 17.6 Å². The molecule has 3 saturated heterocycles. The number of amides is 8. The summed E-state index contributed by atoms with van der Waals surface area (Å²) >= 11 is 0. The number of likely N-dealkylation sites (tertiary alicyclic amines) is 1. The van der Waals surface area contributed by atoms with Gasteiger partial charge in [0.05, 0.1) is 12.1 Å². The molecule has 0 bridgehead atoms. The molecule has 0 saturated carbocycles. The summed E-state index contributed by atoms with van der Waals surface area (Å²) < 4.78 is 28.4. The van der Waals surface area contributed by atoms with Crippen molar-refractivity contribution in [1.82, 2.24) is 35.6 Å². The number of ketones is 1. The molecule has 1 unspecified atom stereocenters. The van der Waals surface area contributed by atoms with Gasteiger partial charge in [-0.05, 0) is 123 Å². The lowest BCUT2D eigenvalue weighted by atomic mass is 9.87. The number of primary amides is 1. The zero-order valence-corrected chi connectivity index (χ0v) is 46.4. The molecule has 432 valence electrons. The molecule has 6 heterocycles. The predicted molar refractivity (Wildman–Crippen MR) is 303 cm³/mol. The molecular weight excluding hydrogens is 1060 g/mol. The van der Waals surface area contributed by atoms with Crippen LogP contribution < -0.4 is 21.7 Å². The van der Waals surface area contributed by atoms with Gasteiger partial charge in [-0.25, -0.2) is 8.78 Å². The van der Waals surface area contributed by atoms with E-state index in [1.54, 1.807) is 12.1 Å². The molecule has 1 aromatic heterocycles. The van der Waals surface area contributed by atoms with Crippen LogP contribution in [0.5, 0.6) is 0 Å². The number of nitrogens with zero attached hydrogens (tertiary/aromatic N) is 3. The number of alkyl halides is 2. The maximum Gasteiger partial charge on any atom is 0.270 e. The minimum absolute atomic E-state index is 0.0588.